The molecule has 3 rings (SSSR count). The van der Waals surface area contributed by atoms with Crippen LogP contribution >= 0.6 is 0 Å². The van der Waals surface area contributed by atoms with Crippen LogP contribution in [0.4, 0.5) is 23.7 Å². The standard InChI is InChI=1S/C18H16F3N5O/c19-18(20,21)12-4-3-5-13(10-12)24-16(27)26-17(7-1-2-8-17)14-6-9-23-15(11-22)25-14/h3-6,9-10H,1-2,7-8H2,(H2,24,26,27). The highest BCUT2D eigenvalue weighted by atomic mass is 19.4. The Morgan fingerprint density at radius 2 is 1.96 bits per heavy atom. The molecule has 27 heavy (non-hydrogen) atoms. The minimum Gasteiger partial charge on any atom is -0.327 e. The maximum Gasteiger partial charge on any atom is 0.416 e. The molecule has 1 heterocycles. The second kappa shape index (κ2) is 7.23. The number of nitriles is 1. The molecule has 0 unspecified atom stereocenters. The van der Waals surface area contributed by atoms with Gasteiger partial charge in [-0.3, -0.25) is 0 Å². The fourth-order valence-corrected chi connectivity index (χ4v) is 3.26. The zero-order valence-corrected chi connectivity index (χ0v) is 14.2. The molecule has 1 aromatic heterocycles. The number of halogens is 3. The Morgan fingerprint density at radius 3 is 2.63 bits per heavy atom. The van der Waals surface area contributed by atoms with Crippen molar-refractivity contribution in [2.45, 2.75) is 37.4 Å². The molecule has 0 bridgehead atoms. The summed E-state index contributed by atoms with van der Waals surface area (Å²) in [5.74, 6) is -0.00105. The number of carbonyl (C=O) groups is 1. The van der Waals surface area contributed by atoms with E-state index in [1.807, 2.05) is 6.07 Å². The summed E-state index contributed by atoms with van der Waals surface area (Å²) in [6.45, 7) is 0. The van der Waals surface area contributed by atoms with Crippen LogP contribution in [-0.4, -0.2) is 16.0 Å². The summed E-state index contributed by atoms with van der Waals surface area (Å²) in [5, 5.41) is 14.3. The first kappa shape index (κ1) is 18.6. The van der Waals surface area contributed by atoms with E-state index in [9.17, 15) is 18.0 Å². The molecule has 1 aliphatic carbocycles. The Kier molecular flexibility index (Phi) is 4.99. The van der Waals surface area contributed by atoms with Crippen molar-refractivity contribution in [2.75, 3.05) is 5.32 Å². The van der Waals surface area contributed by atoms with E-state index in [0.29, 0.717) is 18.5 Å². The molecule has 0 spiro atoms. The Morgan fingerprint density at radius 1 is 1.22 bits per heavy atom. The number of anilines is 1. The molecule has 1 aromatic carbocycles. The monoisotopic (exact) mass is 375 g/mol. The molecule has 2 N–H and O–H groups in total. The van der Waals surface area contributed by atoms with Gasteiger partial charge in [0.25, 0.3) is 0 Å². The molecule has 0 atom stereocenters. The average molecular weight is 375 g/mol. The molecule has 1 fully saturated rings. The quantitative estimate of drug-likeness (QED) is 0.850. The van der Waals surface area contributed by atoms with Crippen molar-refractivity contribution in [3.8, 4) is 6.07 Å². The van der Waals surface area contributed by atoms with E-state index in [-0.39, 0.29) is 11.5 Å². The highest BCUT2D eigenvalue weighted by Gasteiger charge is 2.39. The van der Waals surface area contributed by atoms with Crippen molar-refractivity contribution in [1.82, 2.24) is 15.3 Å². The van der Waals surface area contributed by atoms with E-state index < -0.39 is 23.3 Å². The van der Waals surface area contributed by atoms with E-state index in [1.165, 1.54) is 18.3 Å². The smallest absolute Gasteiger partial charge is 0.327 e. The van der Waals surface area contributed by atoms with Gasteiger partial charge in [-0.15, -0.1) is 0 Å². The lowest BCUT2D eigenvalue weighted by Gasteiger charge is -2.29. The van der Waals surface area contributed by atoms with Crippen LogP contribution in [-0.2, 0) is 11.7 Å². The fraction of sp³-hybridized carbons (Fsp3) is 0.333. The molecule has 9 heteroatoms. The van der Waals surface area contributed by atoms with E-state index in [0.717, 1.165) is 25.0 Å². The highest BCUT2D eigenvalue weighted by Crippen LogP contribution is 2.38. The first-order chi connectivity index (χ1) is 12.8. The fourth-order valence-electron chi connectivity index (χ4n) is 3.26. The summed E-state index contributed by atoms with van der Waals surface area (Å²) < 4.78 is 38.5. The Balaban J connectivity index is 1.80. The van der Waals surface area contributed by atoms with Crippen LogP contribution in [0.15, 0.2) is 36.5 Å². The van der Waals surface area contributed by atoms with E-state index >= 15 is 0 Å². The van der Waals surface area contributed by atoms with Gasteiger partial charge in [-0.1, -0.05) is 18.9 Å². The Bertz CT molecular complexity index is 885. The lowest BCUT2D eigenvalue weighted by molar-refractivity contribution is -0.137. The van der Waals surface area contributed by atoms with Crippen LogP contribution < -0.4 is 10.6 Å². The van der Waals surface area contributed by atoms with Crippen molar-refractivity contribution in [3.63, 3.8) is 0 Å². The van der Waals surface area contributed by atoms with Gasteiger partial charge in [-0.25, -0.2) is 14.8 Å². The normalized spacial score (nSPS) is 15.8. The number of alkyl halides is 3. The van der Waals surface area contributed by atoms with Gasteiger partial charge in [-0.2, -0.15) is 18.4 Å². The third kappa shape index (κ3) is 4.16. The summed E-state index contributed by atoms with van der Waals surface area (Å²) in [6.07, 6.45) is -0.0932. The van der Waals surface area contributed by atoms with Gasteiger partial charge in [0.1, 0.15) is 6.07 Å². The van der Waals surface area contributed by atoms with Crippen molar-refractivity contribution < 1.29 is 18.0 Å². The number of urea groups is 1. The minimum atomic E-state index is -4.49. The van der Waals surface area contributed by atoms with Gasteiger partial charge in [0.2, 0.25) is 5.82 Å². The van der Waals surface area contributed by atoms with E-state index in [2.05, 4.69) is 20.6 Å². The lowest BCUT2D eigenvalue weighted by Crippen LogP contribution is -2.46. The number of hydrogen-bond acceptors (Lipinski definition) is 4. The van der Waals surface area contributed by atoms with Crippen LogP contribution in [0.5, 0.6) is 0 Å². The van der Waals surface area contributed by atoms with Gasteiger partial charge in [0, 0.05) is 11.9 Å². The predicted molar refractivity (Wildman–Crippen MR) is 90.5 cm³/mol. The second-order valence-corrected chi connectivity index (χ2v) is 6.32. The van der Waals surface area contributed by atoms with E-state index in [4.69, 9.17) is 5.26 Å². The molecule has 1 aliphatic rings. The molecule has 1 saturated carbocycles. The van der Waals surface area contributed by atoms with Crippen molar-refractivity contribution in [2.24, 2.45) is 0 Å². The average Bonchev–Trinajstić information content (AvgIpc) is 3.11. The third-order valence-corrected chi connectivity index (χ3v) is 4.50. The van der Waals surface area contributed by atoms with Crippen molar-refractivity contribution in [1.29, 1.82) is 5.26 Å². The molecule has 0 aliphatic heterocycles. The maximum absolute atomic E-state index is 12.8. The van der Waals surface area contributed by atoms with Crippen LogP contribution in [0.1, 0.15) is 42.8 Å². The van der Waals surface area contributed by atoms with Crippen LogP contribution in [0.2, 0.25) is 0 Å². The first-order valence-corrected chi connectivity index (χ1v) is 8.32. The van der Waals surface area contributed by atoms with Gasteiger partial charge in [-0.05, 0) is 37.1 Å². The number of benzene rings is 1. The van der Waals surface area contributed by atoms with Crippen LogP contribution in [0.25, 0.3) is 0 Å². The number of aromatic nitrogens is 2. The third-order valence-electron chi connectivity index (χ3n) is 4.50. The lowest BCUT2D eigenvalue weighted by atomic mass is 9.93. The van der Waals surface area contributed by atoms with Crippen molar-refractivity contribution >= 4 is 11.7 Å². The summed E-state index contributed by atoms with van der Waals surface area (Å²) in [7, 11) is 0. The number of rotatable bonds is 3. The molecule has 0 radical (unpaired) electrons. The van der Waals surface area contributed by atoms with Crippen LogP contribution in [0, 0.1) is 11.3 Å². The summed E-state index contributed by atoms with van der Waals surface area (Å²) in [5.41, 5.74) is -1.06. The maximum atomic E-state index is 12.8. The summed E-state index contributed by atoms with van der Waals surface area (Å²) in [4.78, 5) is 20.5. The SMILES string of the molecule is N#Cc1nccc(C2(NC(=O)Nc3cccc(C(F)(F)F)c3)CCCC2)n1. The zero-order chi connectivity index (χ0) is 19.5. The topological polar surface area (TPSA) is 90.7 Å². The molecule has 6 nitrogen and oxygen atoms in total. The minimum absolute atomic E-state index is 0.00105. The highest BCUT2D eigenvalue weighted by molar-refractivity contribution is 5.90. The summed E-state index contributed by atoms with van der Waals surface area (Å²) >= 11 is 0. The molecule has 0 saturated heterocycles. The number of hydrogen-bond donors (Lipinski definition) is 2. The molecular weight excluding hydrogens is 359 g/mol. The molecule has 2 amide bonds. The zero-order valence-electron chi connectivity index (χ0n) is 14.2. The van der Waals surface area contributed by atoms with Gasteiger partial charge in [0.15, 0.2) is 0 Å². The van der Waals surface area contributed by atoms with Gasteiger partial charge < -0.3 is 10.6 Å². The van der Waals surface area contributed by atoms with Crippen molar-refractivity contribution in [3.05, 3.63) is 53.6 Å². The van der Waals surface area contributed by atoms with Crippen LogP contribution in [0.3, 0.4) is 0 Å². The Labute approximate surface area is 153 Å². The second-order valence-electron chi connectivity index (χ2n) is 6.32. The van der Waals surface area contributed by atoms with Gasteiger partial charge in [0.05, 0.1) is 16.8 Å². The molecule has 2 aromatic rings. The number of nitrogens with one attached hydrogen (secondary N) is 2. The largest absolute Gasteiger partial charge is 0.416 e. The number of nitrogens with zero attached hydrogens (tertiary/aromatic N) is 3. The molecule has 140 valence electrons. The Hall–Kier alpha value is -3.15. The number of carbonyl (C=O) groups excluding carboxylic acids is 1. The first-order valence-electron chi connectivity index (χ1n) is 8.32. The molecular formula is C18H16F3N5O. The van der Waals surface area contributed by atoms with Gasteiger partial charge >= 0.3 is 12.2 Å². The predicted octanol–water partition coefficient (Wildman–Crippen LogP) is 3.96. The van der Waals surface area contributed by atoms with E-state index in [1.54, 1.807) is 6.07 Å². The number of amides is 2. The summed E-state index contributed by atoms with van der Waals surface area (Å²) in [6, 6.07) is 7.29.